The molecule has 0 radical (unpaired) electrons. The lowest BCUT2D eigenvalue weighted by Gasteiger charge is -1.91. The Kier molecular flexibility index (Phi) is 3.14. The molecule has 2 aromatic rings. The minimum Gasteiger partial charge on any atom is -0.325 e. The first-order valence-electron chi connectivity index (χ1n) is 3.64. The smallest absolute Gasteiger partial charge is 0.0836 e. The summed E-state index contributed by atoms with van der Waals surface area (Å²) >= 11 is 5.79. The SMILES string of the molecule is Cl.NCc1n[nH]c2cc(Cl)ccc12. The largest absolute Gasteiger partial charge is 0.325 e. The Hall–Kier alpha value is -0.770. The van der Waals surface area contributed by atoms with Crippen LogP contribution in [0.2, 0.25) is 5.02 Å². The molecule has 0 spiro atoms. The Balaban J connectivity index is 0.000000845. The van der Waals surface area contributed by atoms with Gasteiger partial charge < -0.3 is 5.73 Å². The predicted molar refractivity (Wildman–Crippen MR) is 56.2 cm³/mol. The van der Waals surface area contributed by atoms with Crippen LogP contribution in [0.1, 0.15) is 5.69 Å². The first kappa shape index (κ1) is 10.3. The van der Waals surface area contributed by atoms with Crippen molar-refractivity contribution in [3.8, 4) is 0 Å². The van der Waals surface area contributed by atoms with Crippen molar-refractivity contribution in [3.05, 3.63) is 28.9 Å². The molecule has 0 amide bonds. The highest BCUT2D eigenvalue weighted by atomic mass is 35.5. The third-order valence-corrected chi connectivity index (χ3v) is 2.03. The highest BCUT2D eigenvalue weighted by molar-refractivity contribution is 6.31. The summed E-state index contributed by atoms with van der Waals surface area (Å²) in [6.45, 7) is 0.446. The van der Waals surface area contributed by atoms with E-state index in [1.807, 2.05) is 18.2 Å². The Morgan fingerprint density at radius 3 is 2.92 bits per heavy atom. The normalized spacial score (nSPS) is 10.0. The Labute approximate surface area is 86.7 Å². The van der Waals surface area contributed by atoms with Gasteiger partial charge in [-0.25, -0.2) is 0 Å². The maximum absolute atomic E-state index is 5.79. The second-order valence-corrected chi connectivity index (χ2v) is 3.00. The highest BCUT2D eigenvalue weighted by Crippen LogP contribution is 2.19. The molecule has 0 fully saturated rings. The van der Waals surface area contributed by atoms with Crippen LogP contribution in [-0.2, 0) is 6.54 Å². The van der Waals surface area contributed by atoms with E-state index in [0.717, 1.165) is 16.6 Å². The van der Waals surface area contributed by atoms with E-state index >= 15 is 0 Å². The zero-order valence-electron chi connectivity index (χ0n) is 6.75. The number of fused-ring (bicyclic) bond motifs is 1. The molecular weight excluding hydrogens is 209 g/mol. The van der Waals surface area contributed by atoms with Gasteiger partial charge in [-0.15, -0.1) is 12.4 Å². The van der Waals surface area contributed by atoms with Gasteiger partial charge in [0, 0.05) is 17.0 Å². The van der Waals surface area contributed by atoms with Crippen LogP contribution in [0.5, 0.6) is 0 Å². The molecule has 0 aliphatic carbocycles. The molecule has 3 nitrogen and oxygen atoms in total. The van der Waals surface area contributed by atoms with Gasteiger partial charge in [0.05, 0.1) is 11.2 Å². The van der Waals surface area contributed by atoms with Gasteiger partial charge in [0.15, 0.2) is 0 Å². The molecule has 1 heterocycles. The summed E-state index contributed by atoms with van der Waals surface area (Å²) in [5, 5.41) is 8.66. The van der Waals surface area contributed by atoms with Crippen molar-refractivity contribution >= 4 is 34.9 Å². The number of nitrogens with two attached hydrogens (primary N) is 1. The van der Waals surface area contributed by atoms with Gasteiger partial charge in [-0.2, -0.15) is 5.10 Å². The van der Waals surface area contributed by atoms with Crippen molar-refractivity contribution in [2.75, 3.05) is 0 Å². The molecule has 0 unspecified atom stereocenters. The number of benzene rings is 1. The van der Waals surface area contributed by atoms with E-state index in [-0.39, 0.29) is 12.4 Å². The van der Waals surface area contributed by atoms with Crippen LogP contribution >= 0.6 is 24.0 Å². The van der Waals surface area contributed by atoms with Crippen molar-refractivity contribution in [2.45, 2.75) is 6.54 Å². The predicted octanol–water partition coefficient (Wildman–Crippen LogP) is 2.10. The molecule has 5 heteroatoms. The summed E-state index contributed by atoms with van der Waals surface area (Å²) in [6.07, 6.45) is 0. The molecule has 0 saturated carbocycles. The summed E-state index contributed by atoms with van der Waals surface area (Å²) in [4.78, 5) is 0. The van der Waals surface area contributed by atoms with Gasteiger partial charge in [0.1, 0.15) is 0 Å². The second kappa shape index (κ2) is 3.96. The molecule has 0 bridgehead atoms. The van der Waals surface area contributed by atoms with E-state index in [0.29, 0.717) is 11.6 Å². The standard InChI is InChI=1S/C8H8ClN3.ClH/c9-5-1-2-6-7(3-5)11-12-8(6)4-10;/h1-3H,4,10H2,(H,11,12);1H. The monoisotopic (exact) mass is 217 g/mol. The molecule has 0 aliphatic rings. The van der Waals surface area contributed by atoms with Gasteiger partial charge in [0.25, 0.3) is 0 Å². The quantitative estimate of drug-likeness (QED) is 0.769. The number of nitrogens with zero attached hydrogens (tertiary/aromatic N) is 1. The molecule has 1 aromatic heterocycles. The fraction of sp³-hybridized carbons (Fsp3) is 0.125. The number of aromatic amines is 1. The van der Waals surface area contributed by atoms with Crippen LogP contribution in [0, 0.1) is 0 Å². The van der Waals surface area contributed by atoms with Crippen LogP contribution in [0.4, 0.5) is 0 Å². The summed E-state index contributed by atoms with van der Waals surface area (Å²) in [5.74, 6) is 0. The number of halogens is 2. The lowest BCUT2D eigenvalue weighted by molar-refractivity contribution is 0.959. The number of H-pyrrole nitrogens is 1. The number of nitrogens with one attached hydrogen (secondary N) is 1. The maximum atomic E-state index is 5.79. The lowest BCUT2D eigenvalue weighted by atomic mass is 10.2. The summed E-state index contributed by atoms with van der Waals surface area (Å²) in [6, 6.07) is 5.59. The minimum absolute atomic E-state index is 0. The molecule has 13 heavy (non-hydrogen) atoms. The molecule has 3 N–H and O–H groups in total. The van der Waals surface area contributed by atoms with Gasteiger partial charge >= 0.3 is 0 Å². The Morgan fingerprint density at radius 1 is 1.46 bits per heavy atom. The number of hydrogen-bond donors (Lipinski definition) is 2. The number of aromatic nitrogens is 2. The summed E-state index contributed by atoms with van der Waals surface area (Å²) in [7, 11) is 0. The van der Waals surface area contributed by atoms with Crippen LogP contribution in [0.3, 0.4) is 0 Å². The van der Waals surface area contributed by atoms with Crippen LogP contribution in [0.15, 0.2) is 18.2 Å². The van der Waals surface area contributed by atoms with Gasteiger partial charge in [-0.3, -0.25) is 5.10 Å². The first-order valence-corrected chi connectivity index (χ1v) is 4.01. The number of hydrogen-bond acceptors (Lipinski definition) is 2. The fourth-order valence-electron chi connectivity index (χ4n) is 1.20. The summed E-state index contributed by atoms with van der Waals surface area (Å²) < 4.78 is 0. The van der Waals surface area contributed by atoms with Crippen LogP contribution < -0.4 is 5.73 Å². The van der Waals surface area contributed by atoms with Crippen molar-refractivity contribution in [1.82, 2.24) is 10.2 Å². The van der Waals surface area contributed by atoms with Crippen LogP contribution in [-0.4, -0.2) is 10.2 Å². The zero-order chi connectivity index (χ0) is 8.55. The van der Waals surface area contributed by atoms with E-state index < -0.39 is 0 Å². The lowest BCUT2D eigenvalue weighted by Crippen LogP contribution is -1.96. The molecule has 70 valence electrons. The molecule has 0 aliphatic heterocycles. The van der Waals surface area contributed by atoms with Gasteiger partial charge in [0.2, 0.25) is 0 Å². The van der Waals surface area contributed by atoms with E-state index in [1.54, 1.807) is 0 Å². The van der Waals surface area contributed by atoms with E-state index in [2.05, 4.69) is 10.2 Å². The van der Waals surface area contributed by atoms with E-state index in [4.69, 9.17) is 17.3 Å². The van der Waals surface area contributed by atoms with Crippen LogP contribution in [0.25, 0.3) is 10.9 Å². The maximum Gasteiger partial charge on any atom is 0.0836 e. The third-order valence-electron chi connectivity index (χ3n) is 1.80. The molecular formula is C8H9Cl2N3. The average molecular weight is 218 g/mol. The van der Waals surface area contributed by atoms with Crippen molar-refractivity contribution < 1.29 is 0 Å². The fourth-order valence-corrected chi connectivity index (χ4v) is 1.38. The Morgan fingerprint density at radius 2 is 2.23 bits per heavy atom. The molecule has 1 aromatic carbocycles. The highest BCUT2D eigenvalue weighted by Gasteiger charge is 2.02. The first-order chi connectivity index (χ1) is 5.81. The molecule has 2 rings (SSSR count). The van der Waals surface area contributed by atoms with E-state index in [1.165, 1.54) is 0 Å². The topological polar surface area (TPSA) is 54.7 Å². The Bertz CT molecular complexity index is 411. The summed E-state index contributed by atoms with van der Waals surface area (Å²) in [5.41, 5.74) is 7.29. The number of rotatable bonds is 1. The third kappa shape index (κ3) is 1.77. The van der Waals surface area contributed by atoms with Crippen molar-refractivity contribution in [1.29, 1.82) is 0 Å². The molecule has 0 atom stereocenters. The van der Waals surface area contributed by atoms with E-state index in [9.17, 15) is 0 Å². The molecule has 0 saturated heterocycles. The average Bonchev–Trinajstić information content (AvgIpc) is 2.46. The zero-order valence-corrected chi connectivity index (χ0v) is 8.32. The van der Waals surface area contributed by atoms with Crippen molar-refractivity contribution in [3.63, 3.8) is 0 Å². The second-order valence-electron chi connectivity index (χ2n) is 2.56. The minimum atomic E-state index is 0. The van der Waals surface area contributed by atoms with Gasteiger partial charge in [-0.05, 0) is 18.2 Å². The van der Waals surface area contributed by atoms with Gasteiger partial charge in [-0.1, -0.05) is 11.6 Å². The van der Waals surface area contributed by atoms with Crippen molar-refractivity contribution in [2.24, 2.45) is 5.73 Å².